The van der Waals surface area contributed by atoms with E-state index in [-0.39, 0.29) is 10.8 Å². The molecule has 3 rings (SSSR count). The molecule has 0 spiro atoms. The predicted molar refractivity (Wildman–Crippen MR) is 109 cm³/mol. The maximum atomic E-state index is 12.1. The zero-order chi connectivity index (χ0) is 18.6. The van der Waals surface area contributed by atoms with Crippen molar-refractivity contribution in [2.24, 2.45) is 5.14 Å². The molecule has 0 fully saturated rings. The van der Waals surface area contributed by atoms with Gasteiger partial charge in [0.1, 0.15) is 0 Å². The van der Waals surface area contributed by atoms with Crippen LogP contribution in [0.15, 0.2) is 83.8 Å². The Hall–Kier alpha value is -1.95. The molecule has 3 nitrogen and oxygen atoms in total. The van der Waals surface area contributed by atoms with Gasteiger partial charge in [-0.1, -0.05) is 88.7 Å². The van der Waals surface area contributed by atoms with Crippen LogP contribution in [0.5, 0.6) is 0 Å². The SMILES string of the molecule is NS(=O)(=O)c1ccc(CBr)cc1CC(c1ccccc1)c1ccccc1. The lowest BCUT2D eigenvalue weighted by molar-refractivity contribution is 0.596. The lowest BCUT2D eigenvalue weighted by Gasteiger charge is -2.20. The van der Waals surface area contributed by atoms with Gasteiger partial charge in [-0.15, -0.1) is 0 Å². The van der Waals surface area contributed by atoms with E-state index in [0.29, 0.717) is 11.8 Å². The van der Waals surface area contributed by atoms with Crippen LogP contribution in [-0.2, 0) is 21.8 Å². The smallest absolute Gasteiger partial charge is 0.225 e. The molecule has 2 N–H and O–H groups in total. The van der Waals surface area contributed by atoms with Gasteiger partial charge in [-0.2, -0.15) is 0 Å². The molecule has 0 aliphatic carbocycles. The van der Waals surface area contributed by atoms with Gasteiger partial charge in [0.2, 0.25) is 10.0 Å². The Morgan fingerprint density at radius 1 is 0.846 bits per heavy atom. The summed E-state index contributed by atoms with van der Waals surface area (Å²) < 4.78 is 24.1. The molecule has 0 aliphatic heterocycles. The van der Waals surface area contributed by atoms with Crippen LogP contribution in [0.25, 0.3) is 0 Å². The molecule has 3 aromatic carbocycles. The van der Waals surface area contributed by atoms with Crippen molar-refractivity contribution in [2.75, 3.05) is 0 Å². The summed E-state index contributed by atoms with van der Waals surface area (Å²) in [7, 11) is -3.78. The van der Waals surface area contributed by atoms with Crippen molar-refractivity contribution in [3.8, 4) is 0 Å². The van der Waals surface area contributed by atoms with Crippen LogP contribution in [0.1, 0.15) is 28.2 Å². The van der Waals surface area contributed by atoms with Crippen LogP contribution in [0.2, 0.25) is 0 Å². The van der Waals surface area contributed by atoms with Gasteiger partial charge < -0.3 is 0 Å². The lowest BCUT2D eigenvalue weighted by atomic mass is 9.86. The Labute approximate surface area is 163 Å². The normalized spacial score (nSPS) is 11.7. The van der Waals surface area contributed by atoms with Gasteiger partial charge in [0, 0.05) is 11.2 Å². The molecule has 3 aromatic rings. The second-order valence-corrected chi connectivity index (χ2v) is 8.29. The van der Waals surface area contributed by atoms with Crippen LogP contribution in [0.3, 0.4) is 0 Å². The highest BCUT2D eigenvalue weighted by Gasteiger charge is 2.20. The molecule has 0 aliphatic rings. The highest BCUT2D eigenvalue weighted by molar-refractivity contribution is 9.08. The first-order valence-corrected chi connectivity index (χ1v) is 11.0. The van der Waals surface area contributed by atoms with Gasteiger partial charge >= 0.3 is 0 Å². The van der Waals surface area contributed by atoms with Crippen molar-refractivity contribution in [1.82, 2.24) is 0 Å². The highest BCUT2D eigenvalue weighted by Crippen LogP contribution is 2.31. The molecular formula is C21H20BrNO2S. The van der Waals surface area contributed by atoms with Gasteiger partial charge in [0.25, 0.3) is 0 Å². The third kappa shape index (κ3) is 4.41. The fourth-order valence-corrected chi connectivity index (χ4v) is 4.29. The number of hydrogen-bond acceptors (Lipinski definition) is 2. The summed E-state index contributed by atoms with van der Waals surface area (Å²) in [6.07, 6.45) is 0.556. The molecule has 0 unspecified atom stereocenters. The van der Waals surface area contributed by atoms with E-state index in [4.69, 9.17) is 5.14 Å². The van der Waals surface area contributed by atoms with Crippen molar-refractivity contribution >= 4 is 26.0 Å². The summed E-state index contributed by atoms with van der Waals surface area (Å²) in [5, 5.41) is 6.12. The van der Waals surface area contributed by atoms with Crippen molar-refractivity contribution < 1.29 is 8.42 Å². The molecule has 0 saturated carbocycles. The van der Waals surface area contributed by atoms with E-state index in [1.807, 2.05) is 42.5 Å². The van der Waals surface area contributed by atoms with Crippen LogP contribution in [-0.4, -0.2) is 8.42 Å². The number of primary sulfonamides is 1. The number of rotatable bonds is 6. The van der Waals surface area contributed by atoms with Gasteiger partial charge in [0.05, 0.1) is 4.90 Å². The molecule has 0 atom stereocenters. The van der Waals surface area contributed by atoms with E-state index in [1.165, 1.54) is 0 Å². The second kappa shape index (κ2) is 8.16. The van der Waals surface area contributed by atoms with Crippen LogP contribution in [0, 0.1) is 0 Å². The number of alkyl halides is 1. The van der Waals surface area contributed by atoms with E-state index >= 15 is 0 Å². The predicted octanol–water partition coefficient (Wildman–Crippen LogP) is 4.60. The van der Waals surface area contributed by atoms with Crippen molar-refractivity contribution in [2.45, 2.75) is 22.6 Å². The fraction of sp³-hybridized carbons (Fsp3) is 0.143. The Morgan fingerprint density at radius 2 is 1.38 bits per heavy atom. The molecule has 0 aromatic heterocycles. The summed E-state index contributed by atoms with van der Waals surface area (Å²) in [4.78, 5) is 0.194. The number of hydrogen-bond donors (Lipinski definition) is 1. The molecule has 0 bridgehead atoms. The molecule has 0 amide bonds. The third-order valence-corrected chi connectivity index (χ3v) is 6.07. The van der Waals surface area contributed by atoms with E-state index < -0.39 is 10.0 Å². The molecule has 26 heavy (non-hydrogen) atoms. The quantitative estimate of drug-likeness (QED) is 0.581. The average Bonchev–Trinajstić information content (AvgIpc) is 2.66. The Kier molecular flexibility index (Phi) is 5.91. The summed E-state index contributed by atoms with van der Waals surface area (Å²) >= 11 is 3.44. The average molecular weight is 430 g/mol. The minimum absolute atomic E-state index is 0.0449. The maximum absolute atomic E-state index is 12.1. The van der Waals surface area contributed by atoms with E-state index in [9.17, 15) is 8.42 Å². The summed E-state index contributed by atoms with van der Waals surface area (Å²) in [5.41, 5.74) is 4.04. The standard InChI is InChI=1S/C21H20BrNO2S/c22-15-16-11-12-21(26(23,24)25)19(13-16)14-20(17-7-3-1-4-8-17)18-9-5-2-6-10-18/h1-13,20H,14-15H2,(H2,23,24,25). The monoisotopic (exact) mass is 429 g/mol. The lowest BCUT2D eigenvalue weighted by Crippen LogP contribution is -2.16. The first-order chi connectivity index (χ1) is 12.5. The van der Waals surface area contributed by atoms with Gasteiger partial charge in [-0.25, -0.2) is 13.6 Å². The molecule has 5 heteroatoms. The highest BCUT2D eigenvalue weighted by atomic mass is 79.9. The number of nitrogens with two attached hydrogens (primary N) is 1. The topological polar surface area (TPSA) is 60.2 Å². The number of sulfonamides is 1. The first-order valence-electron chi connectivity index (χ1n) is 8.29. The van der Waals surface area contributed by atoms with E-state index in [2.05, 4.69) is 40.2 Å². The molecular weight excluding hydrogens is 410 g/mol. The van der Waals surface area contributed by atoms with Crippen LogP contribution >= 0.6 is 15.9 Å². The second-order valence-electron chi connectivity index (χ2n) is 6.20. The molecule has 134 valence electrons. The summed E-state index contributed by atoms with van der Waals surface area (Å²) in [6, 6.07) is 25.6. The van der Waals surface area contributed by atoms with Crippen LogP contribution in [0.4, 0.5) is 0 Å². The maximum Gasteiger partial charge on any atom is 0.238 e. The van der Waals surface area contributed by atoms with E-state index in [0.717, 1.165) is 22.3 Å². The molecule has 0 heterocycles. The van der Waals surface area contributed by atoms with Crippen LogP contribution < -0.4 is 5.14 Å². The number of benzene rings is 3. The zero-order valence-corrected chi connectivity index (χ0v) is 16.6. The van der Waals surface area contributed by atoms with Gasteiger partial charge in [0.15, 0.2) is 0 Å². The van der Waals surface area contributed by atoms with Gasteiger partial charge in [-0.05, 0) is 34.7 Å². The zero-order valence-electron chi connectivity index (χ0n) is 14.2. The third-order valence-electron chi connectivity index (χ3n) is 4.41. The number of halogens is 1. The summed E-state index contributed by atoms with van der Waals surface area (Å²) in [6.45, 7) is 0. The molecule has 0 radical (unpaired) electrons. The molecule has 0 saturated heterocycles. The van der Waals surface area contributed by atoms with Crippen molar-refractivity contribution in [1.29, 1.82) is 0 Å². The largest absolute Gasteiger partial charge is 0.238 e. The van der Waals surface area contributed by atoms with Gasteiger partial charge in [-0.3, -0.25) is 0 Å². The Morgan fingerprint density at radius 3 is 1.85 bits per heavy atom. The Bertz CT molecular complexity index is 934. The summed E-state index contributed by atoms with van der Waals surface area (Å²) in [5.74, 6) is 0.0449. The minimum atomic E-state index is -3.78. The van der Waals surface area contributed by atoms with E-state index in [1.54, 1.807) is 12.1 Å². The first kappa shape index (κ1) is 18.8. The van der Waals surface area contributed by atoms with Crippen molar-refractivity contribution in [3.63, 3.8) is 0 Å². The Balaban J connectivity index is 2.11. The minimum Gasteiger partial charge on any atom is -0.225 e. The fourth-order valence-electron chi connectivity index (χ4n) is 3.17. The van der Waals surface area contributed by atoms with Crippen molar-refractivity contribution in [3.05, 3.63) is 101 Å².